The maximum atomic E-state index is 12.1. The highest BCUT2D eigenvalue weighted by Gasteiger charge is 2.25. The van der Waals surface area contributed by atoms with Gasteiger partial charge in [0.1, 0.15) is 9.92 Å². The van der Waals surface area contributed by atoms with Crippen LogP contribution in [0.2, 0.25) is 5.02 Å². The third-order valence-corrected chi connectivity index (χ3v) is 4.54. The smallest absolute Gasteiger partial charge is 0.289 e. The second kappa shape index (κ2) is 6.98. The second-order valence-corrected chi connectivity index (χ2v) is 6.32. The summed E-state index contributed by atoms with van der Waals surface area (Å²) in [6.07, 6.45) is 0.598. The number of rotatable bonds is 7. The molecule has 0 radical (unpaired) electrons. The number of aryl methyl sites for hydroxylation is 1. The van der Waals surface area contributed by atoms with Crippen LogP contribution in [-0.2, 0) is 10.0 Å². The molecule has 7 nitrogen and oxygen atoms in total. The van der Waals surface area contributed by atoms with E-state index in [1.54, 1.807) is 14.0 Å². The number of halogens is 1. The van der Waals surface area contributed by atoms with Gasteiger partial charge in [-0.2, -0.15) is 0 Å². The highest BCUT2D eigenvalue weighted by atomic mass is 35.5. The lowest BCUT2D eigenvalue weighted by Gasteiger charge is -2.09. The zero-order valence-electron chi connectivity index (χ0n) is 11.1. The van der Waals surface area contributed by atoms with E-state index in [2.05, 4.69) is 10.0 Å². The largest absolute Gasteiger partial charge is 0.320 e. The topological polar surface area (TPSA) is 101 Å². The highest BCUT2D eigenvalue weighted by molar-refractivity contribution is 7.89. The number of hydrogen-bond acceptors (Lipinski definition) is 5. The number of nitro groups is 1. The standard InChI is InChI=1S/C11H16ClN3O4S/c1-8-6-9(15(16)17)11(12)10(7-8)20(18,19)14-5-3-4-13-2/h6-7,13-14H,3-5H2,1-2H3. The van der Waals surface area contributed by atoms with Gasteiger partial charge in [-0.25, -0.2) is 13.1 Å². The second-order valence-electron chi connectivity index (χ2n) is 4.21. The molecule has 0 saturated carbocycles. The van der Waals surface area contributed by atoms with Crippen LogP contribution in [0, 0.1) is 17.0 Å². The van der Waals surface area contributed by atoms with E-state index in [1.165, 1.54) is 12.1 Å². The van der Waals surface area contributed by atoms with Crippen molar-refractivity contribution in [3.05, 3.63) is 32.8 Å². The molecular weight excluding hydrogens is 306 g/mol. The maximum Gasteiger partial charge on any atom is 0.289 e. The first-order valence-corrected chi connectivity index (χ1v) is 7.74. The number of sulfonamides is 1. The van der Waals surface area contributed by atoms with Crippen molar-refractivity contribution in [2.45, 2.75) is 18.2 Å². The Bertz CT molecular complexity index is 604. The van der Waals surface area contributed by atoms with Crippen molar-refractivity contribution >= 4 is 27.3 Å². The van der Waals surface area contributed by atoms with Crippen LogP contribution in [0.4, 0.5) is 5.69 Å². The van der Waals surface area contributed by atoms with Crippen LogP contribution >= 0.6 is 11.6 Å². The van der Waals surface area contributed by atoms with E-state index in [0.717, 1.165) is 0 Å². The van der Waals surface area contributed by atoms with Gasteiger partial charge in [0, 0.05) is 12.6 Å². The number of nitro benzene ring substituents is 1. The SMILES string of the molecule is CNCCCNS(=O)(=O)c1cc(C)cc([N+](=O)[O-])c1Cl. The van der Waals surface area contributed by atoms with E-state index in [9.17, 15) is 18.5 Å². The fraction of sp³-hybridized carbons (Fsp3) is 0.455. The molecule has 1 aromatic carbocycles. The summed E-state index contributed by atoms with van der Waals surface area (Å²) in [4.78, 5) is 9.88. The van der Waals surface area contributed by atoms with E-state index < -0.39 is 20.6 Å². The lowest BCUT2D eigenvalue weighted by molar-refractivity contribution is -0.385. The molecule has 0 spiro atoms. The summed E-state index contributed by atoms with van der Waals surface area (Å²) in [5, 5.41) is 13.4. The van der Waals surface area contributed by atoms with Gasteiger partial charge in [-0.3, -0.25) is 10.1 Å². The Morgan fingerprint density at radius 1 is 1.35 bits per heavy atom. The molecule has 0 fully saturated rings. The van der Waals surface area contributed by atoms with E-state index in [1.807, 2.05) is 0 Å². The molecular formula is C11H16ClN3O4S. The molecule has 9 heteroatoms. The molecule has 0 heterocycles. The summed E-state index contributed by atoms with van der Waals surface area (Å²) >= 11 is 5.83. The molecule has 0 amide bonds. The van der Waals surface area contributed by atoms with Crippen molar-refractivity contribution in [3.8, 4) is 0 Å². The van der Waals surface area contributed by atoms with Gasteiger partial charge in [0.2, 0.25) is 10.0 Å². The van der Waals surface area contributed by atoms with Crippen LogP contribution in [0.5, 0.6) is 0 Å². The Balaban J connectivity index is 3.09. The lowest BCUT2D eigenvalue weighted by Crippen LogP contribution is -2.27. The summed E-state index contributed by atoms with van der Waals surface area (Å²) in [7, 11) is -2.10. The summed E-state index contributed by atoms with van der Waals surface area (Å²) in [5.41, 5.74) is 0.0407. The first-order chi connectivity index (χ1) is 9.29. The fourth-order valence-corrected chi connectivity index (χ4v) is 3.33. The zero-order valence-corrected chi connectivity index (χ0v) is 12.7. The Kier molecular flexibility index (Phi) is 5.88. The Labute approximate surface area is 122 Å². The third kappa shape index (κ3) is 4.14. The molecule has 20 heavy (non-hydrogen) atoms. The van der Waals surface area contributed by atoms with Gasteiger partial charge in [0.05, 0.1) is 4.92 Å². The molecule has 1 rings (SSSR count). The van der Waals surface area contributed by atoms with Crippen LogP contribution in [-0.4, -0.2) is 33.5 Å². The summed E-state index contributed by atoms with van der Waals surface area (Å²) < 4.78 is 26.6. The molecule has 112 valence electrons. The first kappa shape index (κ1) is 16.8. The van der Waals surface area contributed by atoms with Gasteiger partial charge in [-0.05, 0) is 38.6 Å². The van der Waals surface area contributed by atoms with Crippen LogP contribution in [0.25, 0.3) is 0 Å². The molecule has 0 saturated heterocycles. The minimum absolute atomic E-state index is 0.223. The summed E-state index contributed by atoms with van der Waals surface area (Å²) in [5.74, 6) is 0. The minimum atomic E-state index is -3.86. The molecule has 0 aliphatic carbocycles. The molecule has 1 aromatic rings. The van der Waals surface area contributed by atoms with Crippen LogP contribution in [0.1, 0.15) is 12.0 Å². The summed E-state index contributed by atoms with van der Waals surface area (Å²) in [6, 6.07) is 2.55. The highest BCUT2D eigenvalue weighted by Crippen LogP contribution is 2.32. The van der Waals surface area contributed by atoms with Gasteiger partial charge >= 0.3 is 0 Å². The molecule has 0 bridgehead atoms. The molecule has 0 aromatic heterocycles. The van der Waals surface area contributed by atoms with Crippen LogP contribution < -0.4 is 10.0 Å². The average Bonchev–Trinajstić information content (AvgIpc) is 2.36. The van der Waals surface area contributed by atoms with Crippen molar-refractivity contribution in [3.63, 3.8) is 0 Å². The van der Waals surface area contributed by atoms with E-state index in [-0.39, 0.29) is 16.5 Å². The maximum absolute atomic E-state index is 12.1. The van der Waals surface area contributed by atoms with Crippen molar-refractivity contribution in [1.29, 1.82) is 0 Å². The van der Waals surface area contributed by atoms with Crippen molar-refractivity contribution in [2.24, 2.45) is 0 Å². The average molecular weight is 322 g/mol. The number of nitrogens with one attached hydrogen (secondary N) is 2. The first-order valence-electron chi connectivity index (χ1n) is 5.88. The van der Waals surface area contributed by atoms with Crippen molar-refractivity contribution < 1.29 is 13.3 Å². The van der Waals surface area contributed by atoms with Gasteiger partial charge in [-0.15, -0.1) is 0 Å². The lowest BCUT2D eigenvalue weighted by atomic mass is 10.2. The third-order valence-electron chi connectivity index (χ3n) is 2.55. The molecule has 0 aliphatic heterocycles. The molecule has 2 N–H and O–H groups in total. The Morgan fingerprint density at radius 3 is 2.55 bits per heavy atom. The predicted molar refractivity (Wildman–Crippen MR) is 76.6 cm³/mol. The van der Waals surface area contributed by atoms with Gasteiger partial charge < -0.3 is 5.32 Å². The quantitative estimate of drug-likeness (QED) is 0.449. The minimum Gasteiger partial charge on any atom is -0.320 e. The number of hydrogen-bond donors (Lipinski definition) is 2. The Morgan fingerprint density at radius 2 is 2.00 bits per heavy atom. The molecule has 0 unspecified atom stereocenters. The van der Waals surface area contributed by atoms with Crippen molar-refractivity contribution in [1.82, 2.24) is 10.0 Å². The van der Waals surface area contributed by atoms with E-state index in [4.69, 9.17) is 11.6 Å². The summed E-state index contributed by atoms with van der Waals surface area (Å²) in [6.45, 7) is 2.45. The molecule has 0 atom stereocenters. The zero-order chi connectivity index (χ0) is 15.3. The number of benzene rings is 1. The van der Waals surface area contributed by atoms with E-state index >= 15 is 0 Å². The van der Waals surface area contributed by atoms with Gasteiger partial charge in [0.15, 0.2) is 0 Å². The van der Waals surface area contributed by atoms with Crippen molar-refractivity contribution in [2.75, 3.05) is 20.1 Å². The van der Waals surface area contributed by atoms with Gasteiger partial charge in [-0.1, -0.05) is 11.6 Å². The fourth-order valence-electron chi connectivity index (χ4n) is 1.59. The molecule has 0 aliphatic rings. The van der Waals surface area contributed by atoms with Gasteiger partial charge in [0.25, 0.3) is 5.69 Å². The predicted octanol–water partition coefficient (Wildman–Crippen LogP) is 1.44. The monoisotopic (exact) mass is 321 g/mol. The Hall–Kier alpha value is -1.22. The normalized spacial score (nSPS) is 11.6. The van der Waals surface area contributed by atoms with E-state index in [0.29, 0.717) is 18.5 Å². The number of nitrogens with zero attached hydrogens (tertiary/aromatic N) is 1. The van der Waals surface area contributed by atoms with Crippen LogP contribution in [0.15, 0.2) is 17.0 Å². The van der Waals surface area contributed by atoms with Crippen LogP contribution in [0.3, 0.4) is 0 Å².